The molecule has 0 amide bonds. The van der Waals surface area contributed by atoms with Gasteiger partial charge in [0.25, 0.3) is 0 Å². The summed E-state index contributed by atoms with van der Waals surface area (Å²) in [6.07, 6.45) is 0. The second-order valence-corrected chi connectivity index (χ2v) is 5.06. The molecule has 1 fully saturated rings. The summed E-state index contributed by atoms with van der Waals surface area (Å²) in [5.74, 6) is -0.190. The molecular formula is C14H18O3. The molecule has 0 aliphatic carbocycles. The smallest absolute Gasteiger partial charge is 0.312 e. The fourth-order valence-electron chi connectivity index (χ4n) is 2.40. The van der Waals surface area contributed by atoms with Crippen LogP contribution in [0.5, 0.6) is 0 Å². The van der Waals surface area contributed by atoms with Crippen molar-refractivity contribution in [3.05, 3.63) is 35.9 Å². The number of carbonyl (C=O) groups is 1. The molecule has 0 N–H and O–H groups in total. The minimum Gasteiger partial charge on any atom is -0.469 e. The molecule has 1 heterocycles. The van der Waals surface area contributed by atoms with E-state index in [4.69, 9.17) is 9.47 Å². The van der Waals surface area contributed by atoms with Gasteiger partial charge < -0.3 is 9.47 Å². The lowest BCUT2D eigenvalue weighted by Gasteiger charge is -2.51. The van der Waals surface area contributed by atoms with Crippen LogP contribution in [0.2, 0.25) is 0 Å². The van der Waals surface area contributed by atoms with Gasteiger partial charge in [0, 0.05) is 0 Å². The van der Waals surface area contributed by atoms with Gasteiger partial charge in [-0.1, -0.05) is 30.3 Å². The van der Waals surface area contributed by atoms with E-state index >= 15 is 0 Å². The number of carbonyl (C=O) groups excluding carboxylic acids is 1. The quantitative estimate of drug-likeness (QED) is 0.752. The zero-order valence-corrected chi connectivity index (χ0v) is 10.5. The molecule has 0 bridgehead atoms. The van der Waals surface area contributed by atoms with E-state index < -0.39 is 5.41 Å². The highest BCUT2D eigenvalue weighted by Gasteiger charge is 2.56. The summed E-state index contributed by atoms with van der Waals surface area (Å²) >= 11 is 0. The van der Waals surface area contributed by atoms with Crippen LogP contribution in [0.1, 0.15) is 19.4 Å². The summed E-state index contributed by atoms with van der Waals surface area (Å²) in [5, 5.41) is 0. The first-order valence-corrected chi connectivity index (χ1v) is 5.76. The molecule has 1 aliphatic heterocycles. The Bertz CT molecular complexity index is 405. The highest BCUT2D eigenvalue weighted by atomic mass is 16.5. The number of hydrogen-bond donors (Lipinski definition) is 0. The second kappa shape index (κ2) is 4.15. The molecule has 0 saturated carbocycles. The van der Waals surface area contributed by atoms with Gasteiger partial charge in [0.05, 0.1) is 31.2 Å². The molecule has 1 aromatic rings. The molecule has 3 heteroatoms. The van der Waals surface area contributed by atoms with Crippen LogP contribution in [0.15, 0.2) is 30.3 Å². The van der Waals surface area contributed by atoms with E-state index in [2.05, 4.69) is 0 Å². The molecule has 0 spiro atoms. The van der Waals surface area contributed by atoms with E-state index in [-0.39, 0.29) is 11.4 Å². The van der Waals surface area contributed by atoms with Gasteiger partial charge >= 0.3 is 5.97 Å². The zero-order valence-electron chi connectivity index (χ0n) is 10.5. The van der Waals surface area contributed by atoms with E-state index in [9.17, 15) is 4.79 Å². The van der Waals surface area contributed by atoms with Gasteiger partial charge in [-0.25, -0.2) is 0 Å². The average molecular weight is 234 g/mol. The van der Waals surface area contributed by atoms with Gasteiger partial charge in [0.1, 0.15) is 0 Å². The fourth-order valence-corrected chi connectivity index (χ4v) is 2.40. The van der Waals surface area contributed by atoms with Crippen molar-refractivity contribution in [1.82, 2.24) is 0 Å². The Kier molecular flexibility index (Phi) is 2.96. The van der Waals surface area contributed by atoms with Gasteiger partial charge in [-0.3, -0.25) is 4.79 Å². The lowest BCUT2D eigenvalue weighted by molar-refractivity contribution is -0.174. The predicted octanol–water partition coefficient (Wildman–Crippen LogP) is 2.15. The van der Waals surface area contributed by atoms with Crippen LogP contribution in [0.3, 0.4) is 0 Å². The highest BCUT2D eigenvalue weighted by Crippen LogP contribution is 2.47. The summed E-state index contributed by atoms with van der Waals surface area (Å²) in [6, 6.07) is 10.0. The normalized spacial score (nSPS) is 18.3. The monoisotopic (exact) mass is 234 g/mol. The Labute approximate surface area is 102 Å². The van der Waals surface area contributed by atoms with Crippen LogP contribution >= 0.6 is 0 Å². The fraction of sp³-hybridized carbons (Fsp3) is 0.500. The summed E-state index contributed by atoms with van der Waals surface area (Å²) in [5.41, 5.74) is 0.296. The van der Waals surface area contributed by atoms with Crippen LogP contribution < -0.4 is 0 Å². The van der Waals surface area contributed by atoms with Gasteiger partial charge in [-0.15, -0.1) is 0 Å². The Morgan fingerprint density at radius 3 is 2.29 bits per heavy atom. The summed E-state index contributed by atoms with van der Waals surface area (Å²) in [4.78, 5) is 12.0. The van der Waals surface area contributed by atoms with Crippen molar-refractivity contribution in [2.75, 3.05) is 20.3 Å². The maximum Gasteiger partial charge on any atom is 0.312 e. The summed E-state index contributed by atoms with van der Waals surface area (Å²) in [6.45, 7) is 4.99. The van der Waals surface area contributed by atoms with Gasteiger partial charge in [-0.05, 0) is 19.4 Å². The third kappa shape index (κ3) is 1.65. The van der Waals surface area contributed by atoms with Crippen molar-refractivity contribution in [2.24, 2.45) is 5.41 Å². The van der Waals surface area contributed by atoms with Crippen molar-refractivity contribution in [3.63, 3.8) is 0 Å². The Hall–Kier alpha value is -1.35. The van der Waals surface area contributed by atoms with Crippen LogP contribution in [-0.4, -0.2) is 26.3 Å². The maximum atomic E-state index is 12.0. The van der Waals surface area contributed by atoms with Crippen LogP contribution in [0.4, 0.5) is 0 Å². The molecule has 3 nitrogen and oxygen atoms in total. The second-order valence-electron chi connectivity index (χ2n) is 5.06. The molecule has 1 aliphatic rings. The first-order valence-electron chi connectivity index (χ1n) is 5.76. The largest absolute Gasteiger partial charge is 0.469 e. The molecule has 1 saturated heterocycles. The van der Waals surface area contributed by atoms with Crippen molar-refractivity contribution < 1.29 is 14.3 Å². The van der Waals surface area contributed by atoms with Gasteiger partial charge in [0.2, 0.25) is 0 Å². The SMILES string of the molecule is COC(=O)C(C)(C)C1(c2ccccc2)COC1. The maximum absolute atomic E-state index is 12.0. The van der Waals surface area contributed by atoms with E-state index in [1.54, 1.807) is 0 Å². The lowest BCUT2D eigenvalue weighted by atomic mass is 9.60. The minimum absolute atomic E-state index is 0.190. The Morgan fingerprint density at radius 1 is 1.29 bits per heavy atom. The van der Waals surface area contributed by atoms with E-state index in [0.717, 1.165) is 5.56 Å². The first-order chi connectivity index (χ1) is 8.04. The minimum atomic E-state index is -0.582. The number of esters is 1. The molecular weight excluding hydrogens is 216 g/mol. The summed E-state index contributed by atoms with van der Waals surface area (Å²) < 4.78 is 10.3. The number of ether oxygens (including phenoxy) is 2. The Morgan fingerprint density at radius 2 is 1.88 bits per heavy atom. The van der Waals surface area contributed by atoms with Crippen molar-refractivity contribution in [3.8, 4) is 0 Å². The molecule has 92 valence electrons. The lowest BCUT2D eigenvalue weighted by Crippen LogP contribution is -2.60. The average Bonchev–Trinajstić information content (AvgIpc) is 2.27. The molecule has 1 aromatic carbocycles. The molecule has 2 rings (SSSR count). The van der Waals surface area contributed by atoms with E-state index in [0.29, 0.717) is 13.2 Å². The number of methoxy groups -OCH3 is 1. The zero-order chi connectivity index (χ0) is 12.5. The summed E-state index contributed by atoms with van der Waals surface area (Å²) in [7, 11) is 1.43. The third-order valence-corrected chi connectivity index (χ3v) is 3.92. The third-order valence-electron chi connectivity index (χ3n) is 3.92. The number of benzene rings is 1. The molecule has 0 atom stereocenters. The van der Waals surface area contributed by atoms with Crippen molar-refractivity contribution >= 4 is 5.97 Å². The molecule has 0 radical (unpaired) electrons. The van der Waals surface area contributed by atoms with Gasteiger partial charge in [0.15, 0.2) is 0 Å². The first kappa shape index (κ1) is 12.1. The van der Waals surface area contributed by atoms with E-state index in [1.165, 1.54) is 7.11 Å². The molecule has 17 heavy (non-hydrogen) atoms. The molecule has 0 aromatic heterocycles. The van der Waals surface area contributed by atoms with Gasteiger partial charge in [-0.2, -0.15) is 0 Å². The van der Waals surface area contributed by atoms with Crippen LogP contribution in [0, 0.1) is 5.41 Å². The van der Waals surface area contributed by atoms with Crippen molar-refractivity contribution in [2.45, 2.75) is 19.3 Å². The highest BCUT2D eigenvalue weighted by molar-refractivity contribution is 5.78. The van der Waals surface area contributed by atoms with Crippen molar-refractivity contribution in [1.29, 1.82) is 0 Å². The molecule has 0 unspecified atom stereocenters. The predicted molar refractivity (Wildman–Crippen MR) is 64.7 cm³/mol. The van der Waals surface area contributed by atoms with E-state index in [1.807, 2.05) is 44.2 Å². The Balaban J connectivity index is 2.42. The van der Waals surface area contributed by atoms with Crippen LogP contribution in [0.25, 0.3) is 0 Å². The number of rotatable bonds is 3. The van der Waals surface area contributed by atoms with Crippen LogP contribution in [-0.2, 0) is 19.7 Å². The topological polar surface area (TPSA) is 35.5 Å². The standard InChI is InChI=1S/C14H18O3/c1-13(2,12(15)16-3)14(9-17-10-14)11-7-5-4-6-8-11/h4-8H,9-10H2,1-3H3. The number of hydrogen-bond acceptors (Lipinski definition) is 3.